The van der Waals surface area contributed by atoms with Crippen molar-refractivity contribution in [1.82, 2.24) is 4.98 Å². The minimum atomic E-state index is -3.89. The summed E-state index contributed by atoms with van der Waals surface area (Å²) in [6, 6.07) is 21.5. The van der Waals surface area contributed by atoms with E-state index in [1.165, 1.54) is 30.6 Å². The van der Waals surface area contributed by atoms with E-state index in [4.69, 9.17) is 16.3 Å². The van der Waals surface area contributed by atoms with Gasteiger partial charge >= 0.3 is 0 Å². The molecule has 152 valence electrons. The molecule has 0 aliphatic heterocycles. The van der Waals surface area contributed by atoms with E-state index < -0.39 is 10.0 Å². The van der Waals surface area contributed by atoms with Gasteiger partial charge in [0, 0.05) is 27.2 Å². The zero-order chi connectivity index (χ0) is 21.1. The lowest BCUT2D eigenvalue weighted by molar-refractivity contribution is 0.403. The predicted octanol–water partition coefficient (Wildman–Crippen LogP) is 5.94. The minimum Gasteiger partial charge on any atom is -0.495 e. The predicted molar refractivity (Wildman–Crippen MR) is 122 cm³/mol. The van der Waals surface area contributed by atoms with Crippen LogP contribution in [0.5, 0.6) is 5.75 Å². The van der Waals surface area contributed by atoms with Gasteiger partial charge in [-0.1, -0.05) is 54.1 Å². The lowest BCUT2D eigenvalue weighted by Crippen LogP contribution is -2.14. The number of sulfonamides is 1. The van der Waals surface area contributed by atoms with E-state index in [0.29, 0.717) is 10.7 Å². The number of aromatic nitrogens is 1. The van der Waals surface area contributed by atoms with Crippen molar-refractivity contribution in [3.63, 3.8) is 0 Å². The van der Waals surface area contributed by atoms with Gasteiger partial charge in [0.1, 0.15) is 15.7 Å². The molecule has 0 amide bonds. The van der Waals surface area contributed by atoms with Crippen LogP contribution in [0, 0.1) is 0 Å². The van der Waals surface area contributed by atoms with Crippen LogP contribution >= 0.6 is 22.9 Å². The van der Waals surface area contributed by atoms with Crippen LogP contribution in [-0.4, -0.2) is 20.5 Å². The third kappa shape index (κ3) is 4.33. The first-order valence-electron chi connectivity index (χ1n) is 8.94. The molecule has 0 saturated carbocycles. The summed E-state index contributed by atoms with van der Waals surface area (Å²) in [6.07, 6.45) is 0. The van der Waals surface area contributed by atoms with Crippen molar-refractivity contribution in [2.45, 2.75) is 4.90 Å². The van der Waals surface area contributed by atoms with Gasteiger partial charge in [-0.05, 0) is 30.3 Å². The van der Waals surface area contributed by atoms with Crippen molar-refractivity contribution in [3.05, 3.63) is 83.2 Å². The van der Waals surface area contributed by atoms with E-state index in [1.807, 2.05) is 41.8 Å². The first-order chi connectivity index (χ1) is 14.5. The van der Waals surface area contributed by atoms with Crippen LogP contribution in [0.15, 0.2) is 83.1 Å². The maximum atomic E-state index is 12.9. The third-order valence-corrected chi connectivity index (χ3v) is 6.88. The van der Waals surface area contributed by atoms with Crippen LogP contribution in [0.2, 0.25) is 5.02 Å². The molecule has 4 rings (SSSR count). The van der Waals surface area contributed by atoms with E-state index in [0.717, 1.165) is 21.8 Å². The molecule has 3 aromatic carbocycles. The molecule has 8 heteroatoms. The molecule has 0 fully saturated rings. The number of halogens is 1. The maximum absolute atomic E-state index is 12.9. The fraction of sp³-hybridized carbons (Fsp3) is 0.0455. The summed E-state index contributed by atoms with van der Waals surface area (Å²) in [5, 5.41) is 3.16. The Morgan fingerprint density at radius 2 is 1.73 bits per heavy atom. The number of thiazole rings is 1. The summed E-state index contributed by atoms with van der Waals surface area (Å²) in [4.78, 5) is 4.66. The zero-order valence-corrected chi connectivity index (χ0v) is 18.3. The summed E-state index contributed by atoms with van der Waals surface area (Å²) in [6.45, 7) is 0. The monoisotopic (exact) mass is 456 g/mol. The standard InChI is InChI=1S/C22H17ClN2O3S2/c1-28-20-11-10-17(23)13-21(20)30(26,27)25-18-9-5-8-16(12-18)19-14-29-22(24-19)15-6-3-2-4-7-15/h2-14,25H,1H3. The molecule has 0 spiro atoms. The highest BCUT2D eigenvalue weighted by Crippen LogP contribution is 2.32. The molecule has 1 heterocycles. The van der Waals surface area contributed by atoms with Crippen LogP contribution in [0.1, 0.15) is 0 Å². The highest BCUT2D eigenvalue weighted by Gasteiger charge is 2.20. The lowest BCUT2D eigenvalue weighted by Gasteiger charge is -2.12. The number of hydrogen-bond acceptors (Lipinski definition) is 5. The molecule has 4 aromatic rings. The second-order valence-electron chi connectivity index (χ2n) is 6.39. The Labute approximate surface area is 184 Å². The Balaban J connectivity index is 1.63. The quantitative estimate of drug-likeness (QED) is 0.390. The topological polar surface area (TPSA) is 68.3 Å². The summed E-state index contributed by atoms with van der Waals surface area (Å²) in [5.41, 5.74) is 3.05. The summed E-state index contributed by atoms with van der Waals surface area (Å²) < 4.78 is 33.6. The number of hydrogen-bond donors (Lipinski definition) is 1. The molecule has 0 unspecified atom stereocenters. The maximum Gasteiger partial charge on any atom is 0.265 e. The Morgan fingerprint density at radius 1 is 0.967 bits per heavy atom. The average Bonchev–Trinajstić information content (AvgIpc) is 3.25. The molecular weight excluding hydrogens is 440 g/mol. The molecule has 30 heavy (non-hydrogen) atoms. The summed E-state index contributed by atoms with van der Waals surface area (Å²) >= 11 is 7.52. The van der Waals surface area contributed by atoms with E-state index in [2.05, 4.69) is 9.71 Å². The van der Waals surface area contributed by atoms with Crippen LogP contribution in [0.25, 0.3) is 21.8 Å². The van der Waals surface area contributed by atoms with E-state index in [-0.39, 0.29) is 10.6 Å². The van der Waals surface area contributed by atoms with Gasteiger partial charge in [0.25, 0.3) is 10.0 Å². The van der Waals surface area contributed by atoms with Gasteiger partial charge in [-0.15, -0.1) is 11.3 Å². The molecule has 1 N–H and O–H groups in total. The van der Waals surface area contributed by atoms with Crippen molar-refractivity contribution in [1.29, 1.82) is 0 Å². The molecule has 0 saturated heterocycles. The Bertz CT molecular complexity index is 1290. The van der Waals surface area contributed by atoms with Gasteiger partial charge in [-0.25, -0.2) is 13.4 Å². The SMILES string of the molecule is COc1ccc(Cl)cc1S(=O)(=O)Nc1cccc(-c2csc(-c3ccccc3)n2)c1. The fourth-order valence-electron chi connectivity index (χ4n) is 2.93. The highest BCUT2D eigenvalue weighted by atomic mass is 35.5. The first kappa shape index (κ1) is 20.4. The average molecular weight is 457 g/mol. The number of rotatable bonds is 6. The summed E-state index contributed by atoms with van der Waals surface area (Å²) in [7, 11) is -2.48. The largest absolute Gasteiger partial charge is 0.495 e. The van der Waals surface area contributed by atoms with E-state index in [9.17, 15) is 8.42 Å². The minimum absolute atomic E-state index is 0.0251. The van der Waals surface area contributed by atoms with Crippen molar-refractivity contribution < 1.29 is 13.2 Å². The molecule has 5 nitrogen and oxygen atoms in total. The van der Waals surface area contributed by atoms with Crippen LogP contribution in [0.3, 0.4) is 0 Å². The van der Waals surface area contributed by atoms with Crippen LogP contribution in [-0.2, 0) is 10.0 Å². The van der Waals surface area contributed by atoms with Crippen LogP contribution in [0.4, 0.5) is 5.69 Å². The molecule has 0 aliphatic rings. The lowest BCUT2D eigenvalue weighted by atomic mass is 10.1. The number of ether oxygens (including phenoxy) is 1. The van der Waals surface area contributed by atoms with Gasteiger partial charge in [0.05, 0.1) is 12.8 Å². The van der Waals surface area contributed by atoms with Crippen molar-refractivity contribution in [2.75, 3.05) is 11.8 Å². The van der Waals surface area contributed by atoms with Crippen LogP contribution < -0.4 is 9.46 Å². The van der Waals surface area contributed by atoms with E-state index in [1.54, 1.807) is 24.3 Å². The Kier molecular flexibility index (Phi) is 5.76. The molecule has 0 radical (unpaired) electrons. The second-order valence-corrected chi connectivity index (χ2v) is 9.33. The number of nitrogens with one attached hydrogen (secondary N) is 1. The van der Waals surface area contributed by atoms with Gasteiger partial charge in [-0.3, -0.25) is 4.72 Å². The zero-order valence-electron chi connectivity index (χ0n) is 15.9. The van der Waals surface area contributed by atoms with Crippen molar-refractivity contribution >= 4 is 38.6 Å². The van der Waals surface area contributed by atoms with Crippen molar-refractivity contribution in [2.24, 2.45) is 0 Å². The molecule has 0 aliphatic carbocycles. The normalized spacial score (nSPS) is 11.3. The smallest absolute Gasteiger partial charge is 0.265 e. The molecule has 0 atom stereocenters. The van der Waals surface area contributed by atoms with Gasteiger partial charge < -0.3 is 4.74 Å². The fourth-order valence-corrected chi connectivity index (χ4v) is 5.25. The molecule has 1 aromatic heterocycles. The Hall–Kier alpha value is -2.87. The van der Waals surface area contributed by atoms with E-state index >= 15 is 0 Å². The summed E-state index contributed by atoms with van der Waals surface area (Å²) in [5.74, 6) is 0.218. The highest BCUT2D eigenvalue weighted by molar-refractivity contribution is 7.92. The first-order valence-corrected chi connectivity index (χ1v) is 11.7. The Morgan fingerprint density at radius 3 is 2.50 bits per heavy atom. The molecule has 0 bridgehead atoms. The second kappa shape index (κ2) is 8.47. The number of anilines is 1. The molecular formula is C22H17ClN2O3S2. The van der Waals surface area contributed by atoms with Gasteiger partial charge in [0.2, 0.25) is 0 Å². The van der Waals surface area contributed by atoms with Crippen molar-refractivity contribution in [3.8, 4) is 27.6 Å². The van der Waals surface area contributed by atoms with Gasteiger partial charge in [0.15, 0.2) is 0 Å². The number of methoxy groups -OCH3 is 1. The third-order valence-electron chi connectivity index (χ3n) is 4.35. The number of benzene rings is 3. The number of nitrogens with zero attached hydrogens (tertiary/aromatic N) is 1. The van der Waals surface area contributed by atoms with Gasteiger partial charge in [-0.2, -0.15) is 0 Å².